The van der Waals surface area contributed by atoms with E-state index >= 15 is 0 Å². The van der Waals surface area contributed by atoms with Gasteiger partial charge in [0.15, 0.2) is 0 Å². The van der Waals surface area contributed by atoms with E-state index in [2.05, 4.69) is 20.2 Å². The van der Waals surface area contributed by atoms with Gasteiger partial charge in [0.2, 0.25) is 5.95 Å². The lowest BCUT2D eigenvalue weighted by Crippen LogP contribution is -2.33. The summed E-state index contributed by atoms with van der Waals surface area (Å²) in [6.45, 7) is 7.95. The lowest BCUT2D eigenvalue weighted by atomic mass is 10.0. The molecule has 1 aliphatic rings. The minimum Gasteiger partial charge on any atom is -0.351 e. The Kier molecular flexibility index (Phi) is 6.06. The summed E-state index contributed by atoms with van der Waals surface area (Å²) in [6.07, 6.45) is 2.54. The molecule has 1 aromatic carbocycles. The highest BCUT2D eigenvalue weighted by molar-refractivity contribution is 5.94. The Morgan fingerprint density at radius 1 is 1.11 bits per heavy atom. The van der Waals surface area contributed by atoms with Crippen LogP contribution in [0.15, 0.2) is 24.3 Å². The van der Waals surface area contributed by atoms with Gasteiger partial charge in [-0.1, -0.05) is 12.1 Å². The Morgan fingerprint density at radius 2 is 1.78 bits per heavy atom. The Labute approximate surface area is 161 Å². The molecule has 2 aromatic rings. The number of hydrogen-bond acceptors (Lipinski definition) is 5. The van der Waals surface area contributed by atoms with Crippen LogP contribution in [-0.2, 0) is 0 Å². The van der Waals surface area contributed by atoms with Gasteiger partial charge in [-0.15, -0.1) is 0 Å². The Balaban J connectivity index is 1.68. The summed E-state index contributed by atoms with van der Waals surface area (Å²) in [5.41, 5.74) is 4.61. The van der Waals surface area contributed by atoms with Gasteiger partial charge in [0.05, 0.1) is 5.69 Å². The number of likely N-dealkylation sites (tertiary alicyclic amines) is 1. The van der Waals surface area contributed by atoms with Crippen molar-refractivity contribution in [2.45, 2.75) is 26.7 Å². The fraction of sp³-hybridized carbons (Fsp3) is 0.476. The van der Waals surface area contributed by atoms with Crippen molar-refractivity contribution in [3.63, 3.8) is 0 Å². The minimum atomic E-state index is -0.0229. The van der Waals surface area contributed by atoms with Gasteiger partial charge in [-0.25, -0.2) is 9.97 Å². The molecule has 0 aliphatic carbocycles. The zero-order chi connectivity index (χ0) is 19.4. The molecule has 1 fully saturated rings. The lowest BCUT2D eigenvalue weighted by molar-refractivity contribution is 0.0950. The first-order valence-electron chi connectivity index (χ1n) is 9.59. The molecule has 144 valence electrons. The van der Waals surface area contributed by atoms with Crippen LogP contribution in [0.3, 0.4) is 0 Å². The van der Waals surface area contributed by atoms with Gasteiger partial charge in [0.1, 0.15) is 0 Å². The van der Waals surface area contributed by atoms with Gasteiger partial charge in [-0.2, -0.15) is 0 Å². The van der Waals surface area contributed by atoms with E-state index in [1.54, 1.807) is 0 Å². The maximum Gasteiger partial charge on any atom is 0.251 e. The molecule has 27 heavy (non-hydrogen) atoms. The van der Waals surface area contributed by atoms with E-state index in [9.17, 15) is 4.79 Å². The Morgan fingerprint density at radius 3 is 2.41 bits per heavy atom. The molecule has 6 heteroatoms. The number of carbonyl (C=O) groups excluding carboxylic acids is 1. The SMILES string of the molecule is Cc1nc(N(C)C)nc(-c2ccc(C(=O)NCCN3CCCC3)cc2)c1C. The van der Waals surface area contributed by atoms with Crippen molar-refractivity contribution in [1.29, 1.82) is 0 Å². The Hall–Kier alpha value is -2.47. The van der Waals surface area contributed by atoms with Crippen LogP contribution in [0.2, 0.25) is 0 Å². The first-order chi connectivity index (χ1) is 13.0. The van der Waals surface area contributed by atoms with Gasteiger partial charge in [0, 0.05) is 44.0 Å². The first kappa shape index (κ1) is 19.3. The highest BCUT2D eigenvalue weighted by Crippen LogP contribution is 2.25. The van der Waals surface area contributed by atoms with Gasteiger partial charge in [-0.05, 0) is 57.5 Å². The zero-order valence-corrected chi connectivity index (χ0v) is 16.7. The number of amides is 1. The van der Waals surface area contributed by atoms with Gasteiger partial charge >= 0.3 is 0 Å². The molecule has 0 unspecified atom stereocenters. The van der Waals surface area contributed by atoms with Crippen LogP contribution < -0.4 is 10.2 Å². The van der Waals surface area contributed by atoms with Crippen LogP contribution in [0.1, 0.15) is 34.5 Å². The summed E-state index contributed by atoms with van der Waals surface area (Å²) in [5, 5.41) is 3.02. The molecule has 1 amide bonds. The fourth-order valence-corrected chi connectivity index (χ4v) is 3.31. The molecule has 1 N–H and O–H groups in total. The zero-order valence-electron chi connectivity index (χ0n) is 16.7. The average Bonchev–Trinajstić information content (AvgIpc) is 3.17. The lowest BCUT2D eigenvalue weighted by Gasteiger charge is -2.16. The molecular formula is C21H29N5O. The Bertz CT molecular complexity index is 795. The summed E-state index contributed by atoms with van der Waals surface area (Å²) >= 11 is 0. The number of nitrogens with zero attached hydrogens (tertiary/aromatic N) is 4. The second-order valence-corrected chi connectivity index (χ2v) is 7.36. The van der Waals surface area contributed by atoms with E-state index < -0.39 is 0 Å². The molecule has 0 atom stereocenters. The van der Waals surface area contributed by atoms with E-state index in [1.165, 1.54) is 12.8 Å². The molecule has 1 aliphatic heterocycles. The molecule has 3 rings (SSSR count). The largest absolute Gasteiger partial charge is 0.351 e. The standard InChI is InChI=1S/C21H29N5O/c1-15-16(2)23-21(25(3)4)24-19(15)17-7-9-18(10-8-17)20(27)22-11-14-26-12-5-6-13-26/h7-10H,5-6,11-14H2,1-4H3,(H,22,27). The maximum absolute atomic E-state index is 12.4. The third-order valence-corrected chi connectivity index (χ3v) is 5.11. The predicted molar refractivity (Wildman–Crippen MR) is 109 cm³/mol. The summed E-state index contributed by atoms with van der Waals surface area (Å²) < 4.78 is 0. The first-order valence-corrected chi connectivity index (χ1v) is 9.59. The summed E-state index contributed by atoms with van der Waals surface area (Å²) in [7, 11) is 3.87. The third kappa shape index (κ3) is 4.63. The number of nitrogens with one attached hydrogen (secondary N) is 1. The molecule has 0 bridgehead atoms. The second-order valence-electron chi connectivity index (χ2n) is 7.36. The van der Waals surface area contributed by atoms with E-state index in [0.717, 1.165) is 42.1 Å². The number of hydrogen-bond donors (Lipinski definition) is 1. The molecule has 0 saturated carbocycles. The molecular weight excluding hydrogens is 338 g/mol. The normalized spacial score (nSPS) is 14.4. The molecule has 1 aromatic heterocycles. The summed E-state index contributed by atoms with van der Waals surface area (Å²) in [4.78, 5) is 25.9. The van der Waals surface area contributed by atoms with Crippen molar-refractivity contribution in [1.82, 2.24) is 20.2 Å². The summed E-state index contributed by atoms with van der Waals surface area (Å²) in [5.74, 6) is 0.669. The average molecular weight is 367 g/mol. The van der Waals surface area contributed by atoms with Crippen molar-refractivity contribution in [2.75, 3.05) is 45.2 Å². The van der Waals surface area contributed by atoms with Crippen molar-refractivity contribution in [3.8, 4) is 11.3 Å². The number of benzene rings is 1. The van der Waals surface area contributed by atoms with Crippen LogP contribution in [0.4, 0.5) is 5.95 Å². The van der Waals surface area contributed by atoms with Crippen molar-refractivity contribution in [2.24, 2.45) is 0 Å². The van der Waals surface area contributed by atoms with Crippen molar-refractivity contribution in [3.05, 3.63) is 41.1 Å². The predicted octanol–water partition coefficient (Wildman–Crippen LogP) is 2.65. The van der Waals surface area contributed by atoms with Crippen LogP contribution in [0.25, 0.3) is 11.3 Å². The molecule has 1 saturated heterocycles. The number of carbonyl (C=O) groups is 1. The molecule has 0 spiro atoms. The van der Waals surface area contributed by atoms with Crippen LogP contribution in [-0.4, -0.2) is 61.0 Å². The highest BCUT2D eigenvalue weighted by atomic mass is 16.1. The van der Waals surface area contributed by atoms with Gasteiger partial charge in [0.25, 0.3) is 5.91 Å². The van der Waals surface area contributed by atoms with E-state index in [4.69, 9.17) is 0 Å². The smallest absolute Gasteiger partial charge is 0.251 e. The van der Waals surface area contributed by atoms with E-state index in [1.807, 2.05) is 57.1 Å². The quantitative estimate of drug-likeness (QED) is 0.850. The minimum absolute atomic E-state index is 0.0229. The second kappa shape index (κ2) is 8.48. The van der Waals surface area contributed by atoms with E-state index in [-0.39, 0.29) is 5.91 Å². The number of rotatable bonds is 6. The number of aryl methyl sites for hydroxylation is 1. The molecule has 6 nitrogen and oxygen atoms in total. The fourth-order valence-electron chi connectivity index (χ4n) is 3.31. The summed E-state index contributed by atoms with van der Waals surface area (Å²) in [6, 6.07) is 7.66. The van der Waals surface area contributed by atoms with Crippen LogP contribution >= 0.6 is 0 Å². The van der Waals surface area contributed by atoms with Crippen LogP contribution in [0, 0.1) is 13.8 Å². The van der Waals surface area contributed by atoms with Gasteiger partial charge in [-0.3, -0.25) is 4.79 Å². The molecule has 2 heterocycles. The van der Waals surface area contributed by atoms with Gasteiger partial charge < -0.3 is 15.1 Å². The monoisotopic (exact) mass is 367 g/mol. The van der Waals surface area contributed by atoms with Crippen LogP contribution in [0.5, 0.6) is 0 Å². The number of aromatic nitrogens is 2. The van der Waals surface area contributed by atoms with Crippen molar-refractivity contribution < 1.29 is 4.79 Å². The third-order valence-electron chi connectivity index (χ3n) is 5.11. The topological polar surface area (TPSA) is 61.4 Å². The number of anilines is 1. The van der Waals surface area contributed by atoms with E-state index in [0.29, 0.717) is 18.1 Å². The van der Waals surface area contributed by atoms with Crippen molar-refractivity contribution >= 4 is 11.9 Å². The molecule has 0 radical (unpaired) electrons. The highest BCUT2D eigenvalue weighted by Gasteiger charge is 2.14. The maximum atomic E-state index is 12.4.